The van der Waals surface area contributed by atoms with Crippen molar-refractivity contribution in [1.29, 1.82) is 0 Å². The molecular formula is C11H11ClF3N5. The molecule has 108 valence electrons. The Morgan fingerprint density at radius 1 is 1.35 bits per heavy atom. The smallest absolute Gasteiger partial charge is 0.337 e. The Kier molecular flexibility index (Phi) is 3.85. The van der Waals surface area contributed by atoms with E-state index in [9.17, 15) is 13.2 Å². The van der Waals surface area contributed by atoms with Crippen LogP contribution in [-0.4, -0.2) is 19.7 Å². The SMILES string of the molecule is CCc1nn(C)cc1Nc1cc(C(F)(F)F)nc(Cl)n1. The van der Waals surface area contributed by atoms with Gasteiger partial charge >= 0.3 is 6.18 Å². The average Bonchev–Trinajstić information content (AvgIpc) is 2.67. The number of rotatable bonds is 3. The monoisotopic (exact) mass is 305 g/mol. The minimum absolute atomic E-state index is 0.0278. The highest BCUT2D eigenvalue weighted by Crippen LogP contribution is 2.30. The molecule has 0 saturated heterocycles. The fraction of sp³-hybridized carbons (Fsp3) is 0.364. The van der Waals surface area contributed by atoms with E-state index in [0.717, 1.165) is 11.8 Å². The van der Waals surface area contributed by atoms with Crippen molar-refractivity contribution < 1.29 is 13.2 Å². The van der Waals surface area contributed by atoms with Gasteiger partial charge in [0.1, 0.15) is 5.82 Å². The Labute approximate surface area is 117 Å². The second kappa shape index (κ2) is 5.28. The van der Waals surface area contributed by atoms with Crippen molar-refractivity contribution >= 4 is 23.1 Å². The van der Waals surface area contributed by atoms with Crippen LogP contribution in [0, 0.1) is 0 Å². The van der Waals surface area contributed by atoms with Crippen LogP contribution in [0.15, 0.2) is 12.3 Å². The van der Waals surface area contributed by atoms with Crippen molar-refractivity contribution in [2.45, 2.75) is 19.5 Å². The Morgan fingerprint density at radius 3 is 2.65 bits per heavy atom. The molecule has 5 nitrogen and oxygen atoms in total. The first-order valence-corrected chi connectivity index (χ1v) is 6.08. The van der Waals surface area contributed by atoms with Gasteiger partial charge in [-0.15, -0.1) is 0 Å². The summed E-state index contributed by atoms with van der Waals surface area (Å²) in [4.78, 5) is 6.90. The van der Waals surface area contributed by atoms with Gasteiger partial charge in [0.15, 0.2) is 5.69 Å². The molecule has 9 heteroatoms. The molecule has 0 aliphatic carbocycles. The first kappa shape index (κ1) is 14.6. The highest BCUT2D eigenvalue weighted by molar-refractivity contribution is 6.28. The average molecular weight is 306 g/mol. The van der Waals surface area contributed by atoms with Crippen LogP contribution in [0.25, 0.3) is 0 Å². The molecular weight excluding hydrogens is 295 g/mol. The van der Waals surface area contributed by atoms with Crippen molar-refractivity contribution in [3.05, 3.63) is 28.9 Å². The Morgan fingerprint density at radius 2 is 2.05 bits per heavy atom. The molecule has 1 N–H and O–H groups in total. The first-order valence-electron chi connectivity index (χ1n) is 5.71. The number of aryl methyl sites for hydroxylation is 2. The molecule has 0 aliphatic rings. The highest BCUT2D eigenvalue weighted by Gasteiger charge is 2.33. The highest BCUT2D eigenvalue weighted by atomic mass is 35.5. The first-order chi connectivity index (χ1) is 9.29. The molecule has 20 heavy (non-hydrogen) atoms. The Balaban J connectivity index is 2.36. The van der Waals surface area contributed by atoms with Crippen molar-refractivity contribution in [3.8, 4) is 0 Å². The second-order valence-electron chi connectivity index (χ2n) is 4.05. The maximum atomic E-state index is 12.6. The Hall–Kier alpha value is -1.83. The summed E-state index contributed by atoms with van der Waals surface area (Å²) in [6, 6.07) is 0.804. The van der Waals surface area contributed by atoms with E-state index in [4.69, 9.17) is 11.6 Å². The maximum absolute atomic E-state index is 12.6. The van der Waals surface area contributed by atoms with Gasteiger partial charge < -0.3 is 5.32 Å². The van der Waals surface area contributed by atoms with Crippen molar-refractivity contribution in [1.82, 2.24) is 19.7 Å². The predicted octanol–water partition coefficient (Wildman–Crippen LogP) is 3.19. The summed E-state index contributed by atoms with van der Waals surface area (Å²) in [6.07, 6.45) is -2.29. The van der Waals surface area contributed by atoms with Crippen LogP contribution >= 0.6 is 11.6 Å². The summed E-state index contributed by atoms with van der Waals surface area (Å²) in [6.45, 7) is 1.89. The molecule has 0 aliphatic heterocycles. The molecule has 0 radical (unpaired) electrons. The van der Waals surface area contributed by atoms with Crippen molar-refractivity contribution in [2.75, 3.05) is 5.32 Å². The fourth-order valence-electron chi connectivity index (χ4n) is 1.67. The van der Waals surface area contributed by atoms with Crippen LogP contribution in [0.2, 0.25) is 5.28 Å². The number of aromatic nitrogens is 4. The molecule has 2 aromatic rings. The van der Waals surface area contributed by atoms with Crippen LogP contribution in [0.3, 0.4) is 0 Å². The maximum Gasteiger partial charge on any atom is 0.433 e. The standard InChI is InChI=1S/C11H11ClF3N5/c1-3-6-7(5-20(2)19-6)16-9-4-8(11(13,14)15)17-10(12)18-9/h4-5H,3H2,1-2H3,(H,16,17,18). The molecule has 2 aromatic heterocycles. The normalized spacial score (nSPS) is 11.7. The van der Waals surface area contributed by atoms with Crippen LogP contribution in [0.5, 0.6) is 0 Å². The lowest BCUT2D eigenvalue weighted by Crippen LogP contribution is -2.10. The van der Waals surface area contributed by atoms with Gasteiger partial charge in [-0.2, -0.15) is 18.3 Å². The molecule has 2 heterocycles. The number of nitrogens with one attached hydrogen (secondary N) is 1. The van der Waals surface area contributed by atoms with E-state index in [0.29, 0.717) is 12.1 Å². The van der Waals surface area contributed by atoms with E-state index >= 15 is 0 Å². The van der Waals surface area contributed by atoms with Crippen molar-refractivity contribution in [2.24, 2.45) is 7.05 Å². The van der Waals surface area contributed by atoms with E-state index in [1.54, 1.807) is 17.9 Å². The predicted molar refractivity (Wildman–Crippen MR) is 67.9 cm³/mol. The minimum Gasteiger partial charge on any atom is -0.337 e. The zero-order valence-electron chi connectivity index (χ0n) is 10.7. The number of hydrogen-bond donors (Lipinski definition) is 1. The molecule has 0 bridgehead atoms. The molecule has 0 atom stereocenters. The number of halogens is 4. The lowest BCUT2D eigenvalue weighted by molar-refractivity contribution is -0.141. The summed E-state index contributed by atoms with van der Waals surface area (Å²) < 4.78 is 39.5. The lowest BCUT2D eigenvalue weighted by Gasteiger charge is -2.09. The number of nitrogens with zero attached hydrogens (tertiary/aromatic N) is 4. The third-order valence-corrected chi connectivity index (χ3v) is 2.66. The van der Waals surface area contributed by atoms with E-state index < -0.39 is 17.2 Å². The summed E-state index contributed by atoms with van der Waals surface area (Å²) in [5.41, 5.74) is 0.204. The summed E-state index contributed by atoms with van der Waals surface area (Å²) in [5.74, 6) is -0.0278. The summed E-state index contributed by atoms with van der Waals surface area (Å²) in [5, 5.41) is 6.48. The second-order valence-corrected chi connectivity index (χ2v) is 4.38. The molecule has 0 amide bonds. The lowest BCUT2D eigenvalue weighted by atomic mass is 10.3. The molecule has 0 fully saturated rings. The van der Waals surface area contributed by atoms with Gasteiger partial charge in [0.05, 0.1) is 11.4 Å². The Bertz CT molecular complexity index is 623. The largest absolute Gasteiger partial charge is 0.433 e. The molecule has 0 aromatic carbocycles. The number of anilines is 2. The molecule has 0 spiro atoms. The van der Waals surface area contributed by atoms with E-state index in [1.165, 1.54) is 0 Å². The van der Waals surface area contributed by atoms with Gasteiger partial charge in [0.2, 0.25) is 5.28 Å². The third kappa shape index (κ3) is 3.19. The summed E-state index contributed by atoms with van der Waals surface area (Å²) in [7, 11) is 1.72. The van der Waals surface area contributed by atoms with Gasteiger partial charge in [-0.25, -0.2) is 9.97 Å². The van der Waals surface area contributed by atoms with Gasteiger partial charge in [-0.1, -0.05) is 6.92 Å². The van der Waals surface area contributed by atoms with E-state index in [1.807, 2.05) is 6.92 Å². The topological polar surface area (TPSA) is 55.6 Å². The van der Waals surface area contributed by atoms with Crippen molar-refractivity contribution in [3.63, 3.8) is 0 Å². The van der Waals surface area contributed by atoms with E-state index in [-0.39, 0.29) is 5.82 Å². The molecule has 0 unspecified atom stereocenters. The van der Waals surface area contributed by atoms with Gasteiger partial charge in [-0.3, -0.25) is 4.68 Å². The number of hydrogen-bond acceptors (Lipinski definition) is 4. The third-order valence-electron chi connectivity index (χ3n) is 2.49. The molecule has 0 saturated carbocycles. The van der Waals surface area contributed by atoms with Crippen LogP contribution in [-0.2, 0) is 19.6 Å². The summed E-state index contributed by atoms with van der Waals surface area (Å²) >= 11 is 5.52. The van der Waals surface area contributed by atoms with Crippen LogP contribution in [0.4, 0.5) is 24.7 Å². The van der Waals surface area contributed by atoms with E-state index in [2.05, 4.69) is 20.4 Å². The van der Waals surface area contributed by atoms with Gasteiger partial charge in [-0.05, 0) is 18.0 Å². The van der Waals surface area contributed by atoms with Crippen LogP contribution in [0.1, 0.15) is 18.3 Å². The van der Waals surface area contributed by atoms with Gasteiger partial charge in [0, 0.05) is 19.3 Å². The molecule has 2 rings (SSSR count). The number of alkyl halides is 3. The quantitative estimate of drug-likeness (QED) is 0.885. The van der Waals surface area contributed by atoms with Crippen LogP contribution < -0.4 is 5.32 Å². The fourth-order valence-corrected chi connectivity index (χ4v) is 1.85. The minimum atomic E-state index is -4.58. The van der Waals surface area contributed by atoms with Gasteiger partial charge in [0.25, 0.3) is 0 Å². The zero-order chi connectivity index (χ0) is 14.9. The zero-order valence-corrected chi connectivity index (χ0v) is 11.4.